The van der Waals surface area contributed by atoms with Crippen LogP contribution in [0.2, 0.25) is 0 Å². The van der Waals surface area contributed by atoms with E-state index < -0.39 is 6.10 Å². The van der Waals surface area contributed by atoms with Crippen LogP contribution in [0.5, 0.6) is 0 Å². The van der Waals surface area contributed by atoms with E-state index in [1.54, 1.807) is 19.2 Å². The highest BCUT2D eigenvalue weighted by atomic mass is 16.5. The van der Waals surface area contributed by atoms with Gasteiger partial charge in [0.05, 0.1) is 25.4 Å². The highest BCUT2D eigenvalue weighted by molar-refractivity contribution is 5.42. The summed E-state index contributed by atoms with van der Waals surface area (Å²) in [6, 6.07) is 3.68. The van der Waals surface area contributed by atoms with Gasteiger partial charge in [-0.2, -0.15) is 0 Å². The molecule has 0 saturated carbocycles. The van der Waals surface area contributed by atoms with Crippen LogP contribution >= 0.6 is 0 Å². The third kappa shape index (κ3) is 2.94. The molecule has 2 atom stereocenters. The topological polar surface area (TPSA) is 65.8 Å². The fourth-order valence-corrected chi connectivity index (χ4v) is 1.90. The summed E-state index contributed by atoms with van der Waals surface area (Å²) in [6.07, 6.45) is 1.05. The Kier molecular flexibility index (Phi) is 3.93. The van der Waals surface area contributed by atoms with Crippen molar-refractivity contribution in [2.75, 3.05) is 31.2 Å². The lowest BCUT2D eigenvalue weighted by Gasteiger charge is -2.33. The van der Waals surface area contributed by atoms with Gasteiger partial charge in [-0.25, -0.2) is 4.98 Å². The minimum atomic E-state index is -0.494. The van der Waals surface area contributed by atoms with Crippen LogP contribution in [-0.2, 0) is 4.74 Å². The largest absolute Gasteiger partial charge is 0.394 e. The molecule has 5 nitrogen and oxygen atoms in total. The smallest absolute Gasteiger partial charge is 0.129 e. The molecule has 1 aliphatic heterocycles. The molecule has 17 heavy (non-hydrogen) atoms. The summed E-state index contributed by atoms with van der Waals surface area (Å²) in [5.74, 6) is 0.824. The number of ether oxygens (including phenoxy) is 1. The predicted octanol–water partition coefficient (Wildman–Crippen LogP) is 0.332. The summed E-state index contributed by atoms with van der Waals surface area (Å²) in [5, 5.41) is 18.6. The molecule has 0 aliphatic carbocycles. The van der Waals surface area contributed by atoms with Gasteiger partial charge >= 0.3 is 0 Å². The van der Waals surface area contributed by atoms with E-state index >= 15 is 0 Å². The van der Waals surface area contributed by atoms with Crippen LogP contribution in [-0.4, -0.2) is 47.6 Å². The van der Waals surface area contributed by atoms with Crippen LogP contribution in [0.3, 0.4) is 0 Å². The SMILES string of the molecule is C[C@H](O)c1ccnc(N2CCOC(CO)C2)c1. The third-order valence-electron chi connectivity index (χ3n) is 2.92. The van der Waals surface area contributed by atoms with Crippen molar-refractivity contribution >= 4 is 5.82 Å². The fourth-order valence-electron chi connectivity index (χ4n) is 1.90. The number of morpholine rings is 1. The molecule has 0 bridgehead atoms. The van der Waals surface area contributed by atoms with E-state index in [2.05, 4.69) is 9.88 Å². The highest BCUT2D eigenvalue weighted by Crippen LogP contribution is 2.19. The number of rotatable bonds is 3. The van der Waals surface area contributed by atoms with Gasteiger partial charge in [-0.3, -0.25) is 0 Å². The zero-order chi connectivity index (χ0) is 12.3. The van der Waals surface area contributed by atoms with Gasteiger partial charge in [-0.1, -0.05) is 0 Å². The zero-order valence-corrected chi connectivity index (χ0v) is 9.91. The van der Waals surface area contributed by atoms with Crippen LogP contribution in [0, 0.1) is 0 Å². The molecule has 0 aromatic carbocycles. The molecule has 0 radical (unpaired) electrons. The molecule has 2 rings (SSSR count). The monoisotopic (exact) mass is 238 g/mol. The summed E-state index contributed by atoms with van der Waals surface area (Å²) < 4.78 is 5.39. The number of nitrogens with zero attached hydrogens (tertiary/aromatic N) is 2. The lowest BCUT2D eigenvalue weighted by molar-refractivity contribution is 0.00335. The number of aliphatic hydroxyl groups excluding tert-OH is 2. The maximum Gasteiger partial charge on any atom is 0.129 e. The van der Waals surface area contributed by atoms with Crippen LogP contribution < -0.4 is 4.90 Å². The second kappa shape index (κ2) is 5.44. The summed E-state index contributed by atoms with van der Waals surface area (Å²) in [7, 11) is 0. The summed E-state index contributed by atoms with van der Waals surface area (Å²) in [6.45, 7) is 3.73. The molecular formula is C12H18N2O3. The van der Waals surface area contributed by atoms with Gasteiger partial charge in [-0.05, 0) is 24.6 Å². The molecule has 94 valence electrons. The first-order valence-corrected chi connectivity index (χ1v) is 5.82. The quantitative estimate of drug-likeness (QED) is 0.794. The van der Waals surface area contributed by atoms with Crippen molar-refractivity contribution in [1.82, 2.24) is 4.98 Å². The average molecular weight is 238 g/mol. The van der Waals surface area contributed by atoms with E-state index in [1.165, 1.54) is 0 Å². The van der Waals surface area contributed by atoms with Gasteiger partial charge in [0.15, 0.2) is 0 Å². The van der Waals surface area contributed by atoms with E-state index in [1.807, 2.05) is 6.07 Å². The Morgan fingerprint density at radius 3 is 3.18 bits per heavy atom. The van der Waals surface area contributed by atoms with Gasteiger partial charge < -0.3 is 19.8 Å². The standard InChI is InChI=1S/C12H18N2O3/c1-9(16)10-2-3-13-12(6-10)14-4-5-17-11(7-14)8-15/h2-3,6,9,11,15-16H,4-5,7-8H2,1H3/t9-,11?/m0/s1. The van der Waals surface area contributed by atoms with Crippen molar-refractivity contribution in [3.63, 3.8) is 0 Å². The second-order valence-electron chi connectivity index (χ2n) is 4.24. The van der Waals surface area contributed by atoms with E-state index in [-0.39, 0.29) is 12.7 Å². The van der Waals surface area contributed by atoms with Crippen LogP contribution in [0.1, 0.15) is 18.6 Å². The Morgan fingerprint density at radius 1 is 1.65 bits per heavy atom. The molecule has 2 heterocycles. The fraction of sp³-hybridized carbons (Fsp3) is 0.583. The Balaban J connectivity index is 2.13. The van der Waals surface area contributed by atoms with Crippen molar-refractivity contribution in [1.29, 1.82) is 0 Å². The predicted molar refractivity (Wildman–Crippen MR) is 63.9 cm³/mol. The van der Waals surface area contributed by atoms with Gasteiger partial charge in [0.1, 0.15) is 5.82 Å². The summed E-state index contributed by atoms with van der Waals surface area (Å²) in [4.78, 5) is 6.36. The number of anilines is 1. The van der Waals surface area contributed by atoms with Crippen LogP contribution in [0.15, 0.2) is 18.3 Å². The maximum atomic E-state index is 9.53. The molecule has 1 unspecified atom stereocenters. The Morgan fingerprint density at radius 2 is 2.47 bits per heavy atom. The van der Waals surface area contributed by atoms with Gasteiger partial charge in [-0.15, -0.1) is 0 Å². The maximum absolute atomic E-state index is 9.53. The third-order valence-corrected chi connectivity index (χ3v) is 2.92. The number of pyridine rings is 1. The van der Waals surface area contributed by atoms with Gasteiger partial charge in [0.25, 0.3) is 0 Å². The number of hydrogen-bond acceptors (Lipinski definition) is 5. The second-order valence-corrected chi connectivity index (χ2v) is 4.24. The van der Waals surface area contributed by atoms with Gasteiger partial charge in [0, 0.05) is 19.3 Å². The minimum absolute atomic E-state index is 0.0204. The number of aliphatic hydroxyl groups is 2. The van der Waals surface area contributed by atoms with Crippen molar-refractivity contribution in [2.45, 2.75) is 19.1 Å². The van der Waals surface area contributed by atoms with Crippen molar-refractivity contribution in [3.05, 3.63) is 23.9 Å². The molecule has 1 aliphatic rings. The molecule has 1 aromatic heterocycles. The molecule has 1 fully saturated rings. The van der Waals surface area contributed by atoms with E-state index in [4.69, 9.17) is 9.84 Å². The van der Waals surface area contributed by atoms with Crippen molar-refractivity contribution in [2.24, 2.45) is 0 Å². The summed E-state index contributed by atoms with van der Waals surface area (Å²) >= 11 is 0. The summed E-state index contributed by atoms with van der Waals surface area (Å²) in [5.41, 5.74) is 0.849. The lowest BCUT2D eigenvalue weighted by Crippen LogP contribution is -2.44. The van der Waals surface area contributed by atoms with Crippen LogP contribution in [0.25, 0.3) is 0 Å². The van der Waals surface area contributed by atoms with Crippen LogP contribution in [0.4, 0.5) is 5.82 Å². The first kappa shape index (κ1) is 12.3. The van der Waals surface area contributed by atoms with Crippen molar-refractivity contribution < 1.29 is 14.9 Å². The van der Waals surface area contributed by atoms with E-state index in [9.17, 15) is 5.11 Å². The number of aromatic nitrogens is 1. The zero-order valence-electron chi connectivity index (χ0n) is 9.91. The molecule has 1 aromatic rings. The Labute approximate surface area is 101 Å². The van der Waals surface area contributed by atoms with E-state index in [0.29, 0.717) is 13.2 Å². The molecule has 0 amide bonds. The molecular weight excluding hydrogens is 220 g/mol. The molecule has 1 saturated heterocycles. The minimum Gasteiger partial charge on any atom is -0.394 e. The highest BCUT2D eigenvalue weighted by Gasteiger charge is 2.21. The Bertz CT molecular complexity index is 371. The Hall–Kier alpha value is -1.17. The van der Waals surface area contributed by atoms with E-state index in [0.717, 1.165) is 17.9 Å². The van der Waals surface area contributed by atoms with Gasteiger partial charge in [0.2, 0.25) is 0 Å². The van der Waals surface area contributed by atoms with Crippen molar-refractivity contribution in [3.8, 4) is 0 Å². The average Bonchev–Trinajstić information content (AvgIpc) is 2.39. The number of hydrogen-bond donors (Lipinski definition) is 2. The molecule has 5 heteroatoms. The molecule has 2 N–H and O–H groups in total. The first-order valence-electron chi connectivity index (χ1n) is 5.82. The molecule has 0 spiro atoms. The lowest BCUT2D eigenvalue weighted by atomic mass is 10.1. The normalized spacial score (nSPS) is 22.5. The first-order chi connectivity index (χ1) is 8.20.